The number of alkyl halides is 1. The molecule has 0 saturated heterocycles. The maximum Gasteiger partial charge on any atom is 0.127 e. The van der Waals surface area contributed by atoms with Crippen molar-refractivity contribution in [2.75, 3.05) is 19.6 Å². The topological polar surface area (TPSA) is 21.3 Å². The maximum absolute atomic E-state index is 13.4. The van der Waals surface area contributed by atoms with Gasteiger partial charge in [0, 0.05) is 35.6 Å². The number of rotatable bonds is 6. The SMILES string of the molecule is COCC(CCl)NCc1cc(Br)ccc1F. The third-order valence-corrected chi connectivity index (χ3v) is 3.01. The van der Waals surface area contributed by atoms with Gasteiger partial charge in [0.1, 0.15) is 5.82 Å². The van der Waals surface area contributed by atoms with Crippen LogP contribution in [0.3, 0.4) is 0 Å². The van der Waals surface area contributed by atoms with E-state index in [4.69, 9.17) is 16.3 Å². The molecule has 0 saturated carbocycles. The van der Waals surface area contributed by atoms with E-state index in [0.29, 0.717) is 24.6 Å². The molecule has 1 unspecified atom stereocenters. The highest BCUT2D eigenvalue weighted by atomic mass is 79.9. The van der Waals surface area contributed by atoms with Crippen molar-refractivity contribution in [2.45, 2.75) is 12.6 Å². The Bertz CT molecular complexity index is 338. The van der Waals surface area contributed by atoms with Gasteiger partial charge in [-0.2, -0.15) is 0 Å². The summed E-state index contributed by atoms with van der Waals surface area (Å²) in [7, 11) is 1.61. The highest BCUT2D eigenvalue weighted by Gasteiger charge is 2.08. The number of hydrogen-bond acceptors (Lipinski definition) is 2. The molecule has 0 aliphatic heterocycles. The van der Waals surface area contributed by atoms with Gasteiger partial charge in [-0.05, 0) is 18.2 Å². The van der Waals surface area contributed by atoms with Crippen molar-refractivity contribution in [3.63, 3.8) is 0 Å². The van der Waals surface area contributed by atoms with Crippen molar-refractivity contribution in [3.8, 4) is 0 Å². The number of benzene rings is 1. The number of halogens is 3. The van der Waals surface area contributed by atoms with Crippen molar-refractivity contribution in [2.24, 2.45) is 0 Å². The number of hydrogen-bond donors (Lipinski definition) is 1. The maximum atomic E-state index is 13.4. The van der Waals surface area contributed by atoms with E-state index >= 15 is 0 Å². The van der Waals surface area contributed by atoms with E-state index in [0.717, 1.165) is 4.47 Å². The molecule has 16 heavy (non-hydrogen) atoms. The first-order valence-corrected chi connectivity index (χ1v) is 6.22. The largest absolute Gasteiger partial charge is 0.383 e. The first-order chi connectivity index (χ1) is 7.67. The van der Waals surface area contributed by atoms with Crippen molar-refractivity contribution in [1.82, 2.24) is 5.32 Å². The fraction of sp³-hybridized carbons (Fsp3) is 0.455. The Kier molecular flexibility index (Phi) is 6.28. The summed E-state index contributed by atoms with van der Waals surface area (Å²) in [5.74, 6) is 0.213. The summed E-state index contributed by atoms with van der Waals surface area (Å²) in [5.41, 5.74) is 0.612. The van der Waals surface area contributed by atoms with Gasteiger partial charge in [-0.25, -0.2) is 4.39 Å². The second-order valence-electron chi connectivity index (χ2n) is 3.42. The van der Waals surface area contributed by atoms with Crippen LogP contribution in [-0.4, -0.2) is 25.6 Å². The minimum atomic E-state index is -0.221. The lowest BCUT2D eigenvalue weighted by molar-refractivity contribution is 0.172. The molecule has 0 heterocycles. The standard InChI is InChI=1S/C11H14BrClFNO/c1-16-7-10(5-13)15-6-8-4-9(12)2-3-11(8)14/h2-4,10,15H,5-7H2,1H3. The van der Waals surface area contributed by atoms with Gasteiger partial charge < -0.3 is 10.1 Å². The summed E-state index contributed by atoms with van der Waals surface area (Å²) >= 11 is 9.04. The first kappa shape index (κ1) is 13.9. The predicted octanol–water partition coefficient (Wildman–Crippen LogP) is 2.93. The molecule has 90 valence electrons. The third kappa shape index (κ3) is 4.37. The van der Waals surface area contributed by atoms with Gasteiger partial charge in [-0.15, -0.1) is 11.6 Å². The molecular weight excluding hydrogens is 296 g/mol. The molecule has 0 spiro atoms. The zero-order chi connectivity index (χ0) is 12.0. The molecule has 0 aliphatic carbocycles. The van der Waals surface area contributed by atoms with Crippen molar-refractivity contribution >= 4 is 27.5 Å². The fourth-order valence-electron chi connectivity index (χ4n) is 1.29. The molecule has 0 radical (unpaired) electrons. The van der Waals surface area contributed by atoms with Crippen LogP contribution in [0.25, 0.3) is 0 Å². The Hall–Kier alpha value is -0.160. The third-order valence-electron chi connectivity index (χ3n) is 2.14. The number of methoxy groups -OCH3 is 1. The number of nitrogens with one attached hydrogen (secondary N) is 1. The lowest BCUT2D eigenvalue weighted by Crippen LogP contribution is -2.34. The van der Waals surface area contributed by atoms with Crippen LogP contribution in [0.1, 0.15) is 5.56 Å². The van der Waals surface area contributed by atoms with E-state index in [1.165, 1.54) is 6.07 Å². The second kappa shape index (κ2) is 7.22. The molecule has 1 N–H and O–H groups in total. The predicted molar refractivity (Wildman–Crippen MR) is 67.3 cm³/mol. The lowest BCUT2D eigenvalue weighted by atomic mass is 10.2. The Balaban J connectivity index is 2.55. The molecule has 0 amide bonds. The van der Waals surface area contributed by atoms with Crippen LogP contribution in [0, 0.1) is 5.82 Å². The minimum absolute atomic E-state index is 0.0325. The van der Waals surface area contributed by atoms with Crippen LogP contribution in [0.4, 0.5) is 4.39 Å². The molecule has 0 aliphatic rings. The van der Waals surface area contributed by atoms with Gasteiger partial charge >= 0.3 is 0 Å². The Morgan fingerprint density at radius 3 is 2.94 bits per heavy atom. The summed E-state index contributed by atoms with van der Waals surface area (Å²) in [5, 5.41) is 3.14. The van der Waals surface area contributed by atoms with Crippen molar-refractivity contribution in [3.05, 3.63) is 34.1 Å². The van der Waals surface area contributed by atoms with E-state index in [9.17, 15) is 4.39 Å². The summed E-state index contributed by atoms with van der Waals surface area (Å²) in [4.78, 5) is 0. The van der Waals surface area contributed by atoms with E-state index in [2.05, 4.69) is 21.2 Å². The molecule has 1 atom stereocenters. The summed E-state index contributed by atoms with van der Waals surface area (Å²) in [6.45, 7) is 0.950. The van der Waals surface area contributed by atoms with Crippen molar-refractivity contribution in [1.29, 1.82) is 0 Å². The lowest BCUT2D eigenvalue weighted by Gasteiger charge is -2.15. The fourth-order valence-corrected chi connectivity index (χ4v) is 1.90. The van der Waals surface area contributed by atoms with Crippen LogP contribution in [0.15, 0.2) is 22.7 Å². The Labute approximate surface area is 108 Å². The molecule has 1 rings (SSSR count). The number of ether oxygens (including phenoxy) is 1. The van der Waals surface area contributed by atoms with Gasteiger partial charge in [0.2, 0.25) is 0 Å². The van der Waals surface area contributed by atoms with Gasteiger partial charge in [0.15, 0.2) is 0 Å². The molecule has 1 aromatic rings. The zero-order valence-corrected chi connectivity index (χ0v) is 11.3. The smallest absolute Gasteiger partial charge is 0.127 e. The average Bonchev–Trinajstić information content (AvgIpc) is 2.28. The first-order valence-electron chi connectivity index (χ1n) is 4.89. The highest BCUT2D eigenvalue weighted by molar-refractivity contribution is 9.10. The van der Waals surface area contributed by atoms with Gasteiger partial charge in [0.05, 0.1) is 6.61 Å². The van der Waals surface area contributed by atoms with Crippen molar-refractivity contribution < 1.29 is 9.13 Å². The van der Waals surface area contributed by atoms with Gasteiger partial charge in [0.25, 0.3) is 0 Å². The van der Waals surface area contributed by atoms with Gasteiger partial charge in [-0.1, -0.05) is 15.9 Å². The van der Waals surface area contributed by atoms with E-state index < -0.39 is 0 Å². The summed E-state index contributed by atoms with van der Waals surface area (Å²) in [6.07, 6.45) is 0. The van der Waals surface area contributed by atoms with Gasteiger partial charge in [-0.3, -0.25) is 0 Å². The molecule has 5 heteroatoms. The van der Waals surface area contributed by atoms with Crippen LogP contribution in [0.5, 0.6) is 0 Å². The van der Waals surface area contributed by atoms with E-state index in [1.54, 1.807) is 19.2 Å². The van der Waals surface area contributed by atoms with Crippen LogP contribution in [0.2, 0.25) is 0 Å². The van der Waals surface area contributed by atoms with Crippen LogP contribution < -0.4 is 5.32 Å². The molecular formula is C11H14BrClFNO. The minimum Gasteiger partial charge on any atom is -0.383 e. The van der Waals surface area contributed by atoms with E-state index in [1.807, 2.05) is 0 Å². The zero-order valence-electron chi connectivity index (χ0n) is 8.97. The quantitative estimate of drug-likeness (QED) is 0.816. The molecule has 0 bridgehead atoms. The molecule has 1 aromatic carbocycles. The normalized spacial score (nSPS) is 12.8. The highest BCUT2D eigenvalue weighted by Crippen LogP contribution is 2.15. The Morgan fingerprint density at radius 1 is 1.56 bits per heavy atom. The van der Waals surface area contributed by atoms with E-state index in [-0.39, 0.29) is 11.9 Å². The summed E-state index contributed by atoms with van der Waals surface area (Å²) < 4.78 is 19.2. The molecule has 0 aromatic heterocycles. The average molecular weight is 311 g/mol. The van der Waals surface area contributed by atoms with Crippen LogP contribution in [-0.2, 0) is 11.3 Å². The Morgan fingerprint density at radius 2 is 2.31 bits per heavy atom. The monoisotopic (exact) mass is 309 g/mol. The second-order valence-corrected chi connectivity index (χ2v) is 4.65. The molecule has 0 fully saturated rings. The molecule has 2 nitrogen and oxygen atoms in total. The summed E-state index contributed by atoms with van der Waals surface area (Å²) in [6, 6.07) is 4.89. The van der Waals surface area contributed by atoms with Crippen LogP contribution >= 0.6 is 27.5 Å².